The van der Waals surface area contributed by atoms with Crippen molar-refractivity contribution in [2.75, 3.05) is 11.9 Å². The number of hydrogen-bond donors (Lipinski definition) is 1. The molecule has 3 nitrogen and oxygen atoms in total. The van der Waals surface area contributed by atoms with Crippen LogP contribution in [0, 0.1) is 5.82 Å². The Bertz CT molecular complexity index is 646. The molecule has 0 fully saturated rings. The zero-order valence-corrected chi connectivity index (χ0v) is 12.3. The molecule has 0 atom stereocenters. The number of ether oxygens (including phenoxy) is 1. The van der Waals surface area contributed by atoms with E-state index in [1.807, 2.05) is 6.07 Å². The highest BCUT2D eigenvalue weighted by Gasteiger charge is 2.11. The van der Waals surface area contributed by atoms with E-state index >= 15 is 0 Å². The molecule has 0 amide bonds. The van der Waals surface area contributed by atoms with E-state index in [2.05, 4.69) is 5.32 Å². The summed E-state index contributed by atoms with van der Waals surface area (Å²) in [6, 6.07) is 11.6. The van der Waals surface area contributed by atoms with Crippen molar-refractivity contribution in [3.05, 3.63) is 64.4 Å². The molecule has 0 heterocycles. The Labute approximate surface area is 127 Å². The van der Waals surface area contributed by atoms with E-state index in [1.165, 1.54) is 6.07 Å². The Morgan fingerprint density at radius 1 is 1.29 bits per heavy atom. The maximum Gasteiger partial charge on any atom is 0.340 e. The van der Waals surface area contributed by atoms with Gasteiger partial charge in [0.25, 0.3) is 0 Å². The third-order valence-electron chi connectivity index (χ3n) is 2.89. The first kappa shape index (κ1) is 15.3. The van der Waals surface area contributed by atoms with Crippen LogP contribution in [0.15, 0.2) is 42.5 Å². The van der Waals surface area contributed by atoms with Crippen molar-refractivity contribution in [2.24, 2.45) is 0 Å². The lowest BCUT2D eigenvalue weighted by atomic mass is 10.1. The largest absolute Gasteiger partial charge is 0.462 e. The van der Waals surface area contributed by atoms with Gasteiger partial charge >= 0.3 is 5.97 Å². The predicted octanol–water partition coefficient (Wildman–Crippen LogP) is 4.27. The fraction of sp³-hybridized carbons (Fsp3) is 0.188. The van der Waals surface area contributed by atoms with Gasteiger partial charge in [0.05, 0.1) is 17.2 Å². The van der Waals surface area contributed by atoms with Crippen LogP contribution in [0.4, 0.5) is 10.1 Å². The standard InChI is InChI=1S/C16H15ClFNO2/c1-2-21-16(20)12-5-3-4-6-15(12)19-10-11-7-8-14(18)13(17)9-11/h3-9,19H,2,10H2,1H3. The molecule has 5 heteroatoms. The highest BCUT2D eigenvalue weighted by molar-refractivity contribution is 6.30. The van der Waals surface area contributed by atoms with Crippen LogP contribution in [0.2, 0.25) is 5.02 Å². The minimum atomic E-state index is -0.452. The Morgan fingerprint density at radius 3 is 2.76 bits per heavy atom. The van der Waals surface area contributed by atoms with Crippen LogP contribution in [0.3, 0.4) is 0 Å². The van der Waals surface area contributed by atoms with E-state index in [-0.39, 0.29) is 11.0 Å². The summed E-state index contributed by atoms with van der Waals surface area (Å²) in [5, 5.41) is 3.21. The van der Waals surface area contributed by atoms with Gasteiger partial charge in [-0.2, -0.15) is 0 Å². The molecule has 0 aliphatic heterocycles. The summed E-state index contributed by atoms with van der Waals surface area (Å²) in [6.07, 6.45) is 0. The van der Waals surface area contributed by atoms with Crippen LogP contribution >= 0.6 is 11.6 Å². The average molecular weight is 308 g/mol. The first-order chi connectivity index (χ1) is 10.1. The van der Waals surface area contributed by atoms with Gasteiger partial charge in [-0.3, -0.25) is 0 Å². The molecule has 0 spiro atoms. The van der Waals surface area contributed by atoms with Crippen molar-refractivity contribution in [1.29, 1.82) is 0 Å². The zero-order valence-electron chi connectivity index (χ0n) is 11.5. The maximum atomic E-state index is 13.1. The number of rotatable bonds is 5. The van der Waals surface area contributed by atoms with Crippen LogP contribution in [-0.2, 0) is 11.3 Å². The third kappa shape index (κ3) is 3.95. The Hall–Kier alpha value is -2.07. The molecule has 0 bridgehead atoms. The second kappa shape index (κ2) is 7.09. The van der Waals surface area contributed by atoms with E-state index in [0.29, 0.717) is 24.4 Å². The first-order valence-corrected chi connectivity index (χ1v) is 6.93. The van der Waals surface area contributed by atoms with Crippen molar-refractivity contribution >= 4 is 23.3 Å². The Morgan fingerprint density at radius 2 is 2.05 bits per heavy atom. The smallest absolute Gasteiger partial charge is 0.340 e. The summed E-state index contributed by atoms with van der Waals surface area (Å²) in [7, 11) is 0. The molecule has 0 unspecified atom stereocenters. The fourth-order valence-corrected chi connectivity index (χ4v) is 2.07. The van der Waals surface area contributed by atoms with Gasteiger partial charge in [-0.15, -0.1) is 0 Å². The summed E-state index contributed by atoms with van der Waals surface area (Å²) in [5.74, 6) is -0.829. The summed E-state index contributed by atoms with van der Waals surface area (Å²) < 4.78 is 18.1. The lowest BCUT2D eigenvalue weighted by Gasteiger charge is -2.11. The van der Waals surface area contributed by atoms with Gasteiger partial charge < -0.3 is 10.1 Å². The zero-order chi connectivity index (χ0) is 15.2. The maximum absolute atomic E-state index is 13.1. The molecule has 2 aromatic carbocycles. The number of benzene rings is 2. The number of carbonyl (C=O) groups is 1. The summed E-state index contributed by atoms with van der Waals surface area (Å²) in [6.45, 7) is 2.51. The van der Waals surface area contributed by atoms with Crippen LogP contribution in [0.1, 0.15) is 22.8 Å². The number of carbonyl (C=O) groups excluding carboxylic acids is 1. The minimum absolute atomic E-state index is 0.0768. The molecule has 2 rings (SSSR count). The molecule has 1 N–H and O–H groups in total. The fourth-order valence-electron chi connectivity index (χ4n) is 1.87. The van der Waals surface area contributed by atoms with Crippen molar-refractivity contribution < 1.29 is 13.9 Å². The average Bonchev–Trinajstić information content (AvgIpc) is 2.49. The van der Waals surface area contributed by atoms with Gasteiger partial charge in [-0.05, 0) is 36.8 Å². The first-order valence-electron chi connectivity index (χ1n) is 6.55. The molecule has 0 aliphatic rings. The molecular weight excluding hydrogens is 293 g/mol. The van der Waals surface area contributed by atoms with Gasteiger partial charge in [0.2, 0.25) is 0 Å². The highest BCUT2D eigenvalue weighted by Crippen LogP contribution is 2.20. The van der Waals surface area contributed by atoms with E-state index in [1.54, 1.807) is 37.3 Å². The summed E-state index contributed by atoms with van der Waals surface area (Å²) >= 11 is 5.74. The third-order valence-corrected chi connectivity index (χ3v) is 3.18. The van der Waals surface area contributed by atoms with E-state index < -0.39 is 5.82 Å². The van der Waals surface area contributed by atoms with Crippen LogP contribution in [0.5, 0.6) is 0 Å². The van der Waals surface area contributed by atoms with Crippen molar-refractivity contribution in [3.8, 4) is 0 Å². The number of anilines is 1. The molecule has 110 valence electrons. The Kier molecular flexibility index (Phi) is 5.17. The number of nitrogens with one attached hydrogen (secondary N) is 1. The molecular formula is C16H15ClFNO2. The molecule has 0 aromatic heterocycles. The van der Waals surface area contributed by atoms with Crippen LogP contribution in [0.25, 0.3) is 0 Å². The lowest BCUT2D eigenvalue weighted by Crippen LogP contribution is -2.09. The molecule has 2 aromatic rings. The quantitative estimate of drug-likeness (QED) is 0.838. The monoisotopic (exact) mass is 307 g/mol. The van der Waals surface area contributed by atoms with Gasteiger partial charge in [-0.1, -0.05) is 29.8 Å². The Balaban J connectivity index is 2.12. The summed E-state index contributed by atoms with van der Waals surface area (Å²) in [5.41, 5.74) is 1.95. The predicted molar refractivity (Wildman–Crippen MR) is 81.1 cm³/mol. The molecule has 0 radical (unpaired) electrons. The molecule has 0 aliphatic carbocycles. The normalized spacial score (nSPS) is 10.2. The molecule has 21 heavy (non-hydrogen) atoms. The number of hydrogen-bond acceptors (Lipinski definition) is 3. The van der Waals surface area contributed by atoms with Crippen LogP contribution in [-0.4, -0.2) is 12.6 Å². The van der Waals surface area contributed by atoms with Crippen molar-refractivity contribution in [3.63, 3.8) is 0 Å². The lowest BCUT2D eigenvalue weighted by molar-refractivity contribution is 0.0527. The topological polar surface area (TPSA) is 38.3 Å². The van der Waals surface area contributed by atoms with E-state index in [0.717, 1.165) is 5.56 Å². The minimum Gasteiger partial charge on any atom is -0.462 e. The molecule has 0 saturated carbocycles. The van der Waals surface area contributed by atoms with Crippen molar-refractivity contribution in [2.45, 2.75) is 13.5 Å². The van der Waals surface area contributed by atoms with E-state index in [4.69, 9.17) is 16.3 Å². The number of halogens is 2. The summed E-state index contributed by atoms with van der Waals surface area (Å²) in [4.78, 5) is 11.8. The van der Waals surface area contributed by atoms with E-state index in [9.17, 15) is 9.18 Å². The van der Waals surface area contributed by atoms with Gasteiger partial charge in [0.15, 0.2) is 0 Å². The van der Waals surface area contributed by atoms with Gasteiger partial charge in [-0.25, -0.2) is 9.18 Å². The number of esters is 1. The van der Waals surface area contributed by atoms with Crippen LogP contribution < -0.4 is 5.32 Å². The van der Waals surface area contributed by atoms with Crippen molar-refractivity contribution in [1.82, 2.24) is 0 Å². The SMILES string of the molecule is CCOC(=O)c1ccccc1NCc1ccc(F)c(Cl)c1. The highest BCUT2D eigenvalue weighted by atomic mass is 35.5. The van der Waals surface area contributed by atoms with Gasteiger partial charge in [0.1, 0.15) is 5.82 Å². The number of para-hydroxylation sites is 1. The molecule has 0 saturated heterocycles. The second-order valence-corrected chi connectivity index (χ2v) is 4.78. The second-order valence-electron chi connectivity index (χ2n) is 4.37. The van der Waals surface area contributed by atoms with Gasteiger partial charge in [0, 0.05) is 12.2 Å².